The first-order chi connectivity index (χ1) is 21.0. The second-order valence-electron chi connectivity index (χ2n) is 9.56. The van der Waals surface area contributed by atoms with Crippen LogP contribution in [0.15, 0.2) is 90.2 Å². The highest BCUT2D eigenvalue weighted by Crippen LogP contribution is 2.38. The van der Waals surface area contributed by atoms with Gasteiger partial charge in [0.2, 0.25) is 11.7 Å². The topological polar surface area (TPSA) is 98.4 Å². The van der Waals surface area contributed by atoms with Crippen molar-refractivity contribution in [2.45, 2.75) is 23.8 Å². The number of H-pyrrole nitrogens is 1. The third-order valence-corrected chi connectivity index (χ3v) is 7.64. The number of nitrogens with zero attached hydrogens (tertiary/aromatic N) is 2. The molecule has 220 valence electrons. The van der Waals surface area contributed by atoms with E-state index in [4.69, 9.17) is 19.2 Å². The molecule has 0 saturated heterocycles. The van der Waals surface area contributed by atoms with Crippen molar-refractivity contribution >= 4 is 23.5 Å². The van der Waals surface area contributed by atoms with Gasteiger partial charge in [-0.1, -0.05) is 42.1 Å². The number of benzene rings is 3. The molecule has 0 aliphatic heterocycles. The average Bonchev–Trinajstić information content (AvgIpc) is 3.47. The van der Waals surface area contributed by atoms with Gasteiger partial charge < -0.3 is 24.5 Å². The molecule has 0 aliphatic rings. The first-order valence-electron chi connectivity index (χ1n) is 13.5. The summed E-state index contributed by atoms with van der Waals surface area (Å²) in [6.07, 6.45) is 2.30. The molecule has 2 N–H and O–H groups in total. The summed E-state index contributed by atoms with van der Waals surface area (Å²) in [7, 11) is 4.65. The standard InChI is InChI=1S/C33H31FN4O4S/c1-40-26-17-22(18-27(41-2)32(26)42-3)9-14-29(39)36-28-19-24(15-16-35-28)31-30(23-10-12-25(34)13-11-23)37-33(38-31)43-20-21-7-5-4-6-8-21/h4-8,10-13,15-19H,9,14,20H2,1-3H3,(H,37,38)(H,35,36,39). The van der Waals surface area contributed by atoms with Crippen molar-refractivity contribution in [1.29, 1.82) is 0 Å². The van der Waals surface area contributed by atoms with Gasteiger partial charge in [0.15, 0.2) is 16.7 Å². The lowest BCUT2D eigenvalue weighted by Gasteiger charge is -2.14. The van der Waals surface area contributed by atoms with Crippen LogP contribution >= 0.6 is 11.8 Å². The number of imidazole rings is 1. The fraction of sp³-hybridized carbons (Fsp3) is 0.182. The van der Waals surface area contributed by atoms with Crippen LogP contribution in [0, 0.1) is 5.82 Å². The van der Waals surface area contributed by atoms with Crippen molar-refractivity contribution < 1.29 is 23.4 Å². The van der Waals surface area contributed by atoms with Crippen LogP contribution in [0.2, 0.25) is 0 Å². The van der Waals surface area contributed by atoms with E-state index in [1.54, 1.807) is 57.5 Å². The number of nitrogens with one attached hydrogen (secondary N) is 2. The van der Waals surface area contributed by atoms with Crippen molar-refractivity contribution in [3.63, 3.8) is 0 Å². The van der Waals surface area contributed by atoms with Crippen LogP contribution in [-0.2, 0) is 17.0 Å². The number of ether oxygens (including phenoxy) is 3. The second-order valence-corrected chi connectivity index (χ2v) is 10.5. The molecule has 0 spiro atoms. The number of anilines is 1. The maximum Gasteiger partial charge on any atom is 0.225 e. The van der Waals surface area contributed by atoms with Crippen molar-refractivity contribution in [3.05, 3.63) is 102 Å². The van der Waals surface area contributed by atoms with Gasteiger partial charge in [0.1, 0.15) is 11.6 Å². The summed E-state index contributed by atoms with van der Waals surface area (Å²) >= 11 is 1.58. The maximum atomic E-state index is 13.7. The first-order valence-corrected chi connectivity index (χ1v) is 14.5. The number of aromatic nitrogens is 3. The molecule has 0 atom stereocenters. The molecule has 5 rings (SSSR count). The average molecular weight is 599 g/mol. The zero-order valence-corrected chi connectivity index (χ0v) is 24.8. The van der Waals surface area contributed by atoms with Gasteiger partial charge in [-0.2, -0.15) is 0 Å². The number of pyridine rings is 1. The molecule has 0 saturated carbocycles. The van der Waals surface area contributed by atoms with Gasteiger partial charge in [0.25, 0.3) is 0 Å². The Bertz CT molecular complexity index is 1670. The van der Waals surface area contributed by atoms with E-state index in [2.05, 4.69) is 27.4 Å². The predicted octanol–water partition coefficient (Wildman–Crippen LogP) is 7.17. The normalized spacial score (nSPS) is 10.8. The van der Waals surface area contributed by atoms with E-state index in [1.807, 2.05) is 36.4 Å². The maximum absolute atomic E-state index is 13.7. The lowest BCUT2D eigenvalue weighted by molar-refractivity contribution is -0.116. The van der Waals surface area contributed by atoms with Gasteiger partial charge in [-0.05, 0) is 66.1 Å². The molecule has 0 fully saturated rings. The number of carbonyl (C=O) groups excluding carboxylic acids is 1. The molecule has 0 unspecified atom stereocenters. The lowest BCUT2D eigenvalue weighted by atomic mass is 10.1. The fourth-order valence-corrected chi connectivity index (χ4v) is 5.40. The molecule has 1 amide bonds. The van der Waals surface area contributed by atoms with E-state index in [0.717, 1.165) is 33.3 Å². The van der Waals surface area contributed by atoms with E-state index < -0.39 is 0 Å². The summed E-state index contributed by atoms with van der Waals surface area (Å²) in [5, 5.41) is 3.62. The Morgan fingerprint density at radius 2 is 1.60 bits per heavy atom. The lowest BCUT2D eigenvalue weighted by Crippen LogP contribution is -2.13. The summed E-state index contributed by atoms with van der Waals surface area (Å²) in [5.74, 6) is 2.19. The van der Waals surface area contributed by atoms with Crippen LogP contribution in [0.5, 0.6) is 17.2 Å². The highest BCUT2D eigenvalue weighted by atomic mass is 32.2. The fourth-order valence-electron chi connectivity index (χ4n) is 4.57. The number of aryl methyl sites for hydroxylation is 1. The minimum atomic E-state index is -0.316. The highest BCUT2D eigenvalue weighted by molar-refractivity contribution is 7.98. The zero-order chi connectivity index (χ0) is 30.2. The highest BCUT2D eigenvalue weighted by Gasteiger charge is 2.17. The second kappa shape index (κ2) is 13.9. The molecule has 10 heteroatoms. The number of amides is 1. The number of halogens is 1. The minimum Gasteiger partial charge on any atom is -0.493 e. The van der Waals surface area contributed by atoms with Gasteiger partial charge >= 0.3 is 0 Å². The minimum absolute atomic E-state index is 0.196. The molecule has 5 aromatic rings. The summed E-state index contributed by atoms with van der Waals surface area (Å²) in [6.45, 7) is 0. The molecule has 0 aliphatic carbocycles. The molecule has 2 heterocycles. The molecule has 3 aromatic carbocycles. The summed E-state index contributed by atoms with van der Waals surface area (Å²) in [6, 6.07) is 23.7. The van der Waals surface area contributed by atoms with E-state index in [1.165, 1.54) is 17.7 Å². The van der Waals surface area contributed by atoms with Gasteiger partial charge in [-0.15, -0.1) is 0 Å². The number of rotatable bonds is 12. The third kappa shape index (κ3) is 7.34. The molecule has 43 heavy (non-hydrogen) atoms. The third-order valence-electron chi connectivity index (χ3n) is 6.70. The van der Waals surface area contributed by atoms with Gasteiger partial charge in [-0.3, -0.25) is 4.79 Å². The van der Waals surface area contributed by atoms with Crippen molar-refractivity contribution in [1.82, 2.24) is 15.0 Å². The number of methoxy groups -OCH3 is 3. The molecular formula is C33H31FN4O4S. The van der Waals surface area contributed by atoms with Gasteiger partial charge in [0, 0.05) is 29.5 Å². The Kier molecular flexibility index (Phi) is 9.58. The van der Waals surface area contributed by atoms with E-state index in [0.29, 0.717) is 35.2 Å². The number of hydrogen-bond acceptors (Lipinski definition) is 7. The monoisotopic (exact) mass is 598 g/mol. The Labute approximate surface area is 253 Å². The summed E-state index contributed by atoms with van der Waals surface area (Å²) in [5.41, 5.74) is 5.03. The van der Waals surface area contributed by atoms with Crippen LogP contribution in [-0.4, -0.2) is 42.2 Å². The molecule has 8 nitrogen and oxygen atoms in total. The molecule has 0 radical (unpaired) electrons. The Hall–Kier alpha value is -4.83. The summed E-state index contributed by atoms with van der Waals surface area (Å²) in [4.78, 5) is 25.5. The number of thioether (sulfide) groups is 1. The molecule has 2 aromatic heterocycles. The Morgan fingerprint density at radius 1 is 0.884 bits per heavy atom. The molecular weight excluding hydrogens is 567 g/mol. The van der Waals surface area contributed by atoms with Crippen molar-refractivity contribution in [3.8, 4) is 39.8 Å². The van der Waals surface area contributed by atoms with Crippen LogP contribution in [0.4, 0.5) is 10.2 Å². The smallest absolute Gasteiger partial charge is 0.225 e. The number of carbonyl (C=O) groups is 1. The van der Waals surface area contributed by atoms with Gasteiger partial charge in [-0.25, -0.2) is 14.4 Å². The Morgan fingerprint density at radius 3 is 2.28 bits per heavy atom. The van der Waals surface area contributed by atoms with E-state index in [9.17, 15) is 9.18 Å². The van der Waals surface area contributed by atoms with Crippen LogP contribution in [0.25, 0.3) is 22.5 Å². The zero-order valence-electron chi connectivity index (χ0n) is 24.0. The van der Waals surface area contributed by atoms with Crippen LogP contribution in [0.1, 0.15) is 17.5 Å². The van der Waals surface area contributed by atoms with E-state index >= 15 is 0 Å². The number of hydrogen-bond donors (Lipinski definition) is 2. The first kappa shape index (κ1) is 29.7. The van der Waals surface area contributed by atoms with Crippen molar-refractivity contribution in [2.24, 2.45) is 0 Å². The van der Waals surface area contributed by atoms with E-state index in [-0.39, 0.29) is 18.1 Å². The number of aromatic amines is 1. The molecule has 0 bridgehead atoms. The summed E-state index contributed by atoms with van der Waals surface area (Å²) < 4.78 is 29.9. The van der Waals surface area contributed by atoms with Crippen LogP contribution < -0.4 is 19.5 Å². The Balaban J connectivity index is 1.34. The van der Waals surface area contributed by atoms with Gasteiger partial charge in [0.05, 0.1) is 32.7 Å². The van der Waals surface area contributed by atoms with Crippen molar-refractivity contribution in [2.75, 3.05) is 26.6 Å². The quantitative estimate of drug-likeness (QED) is 0.147. The largest absolute Gasteiger partial charge is 0.493 e. The predicted molar refractivity (Wildman–Crippen MR) is 166 cm³/mol. The van der Waals surface area contributed by atoms with Crippen LogP contribution in [0.3, 0.4) is 0 Å². The SMILES string of the molecule is COc1cc(CCC(=O)Nc2cc(-c3nc(SCc4ccccc4)[nH]c3-c3ccc(F)cc3)ccn2)cc(OC)c1OC.